The highest BCUT2D eigenvalue weighted by atomic mass is 35.5. The molecule has 0 aliphatic heterocycles. The number of carbonyl (C=O) groups is 2. The second kappa shape index (κ2) is 8.18. The molecule has 0 saturated heterocycles. The summed E-state index contributed by atoms with van der Waals surface area (Å²) in [5, 5.41) is 6.23. The van der Waals surface area contributed by atoms with Gasteiger partial charge in [-0.3, -0.25) is 9.59 Å². The summed E-state index contributed by atoms with van der Waals surface area (Å²) in [7, 11) is 0. The summed E-state index contributed by atoms with van der Waals surface area (Å²) in [5.74, 6) is -0.136. The Kier molecular flexibility index (Phi) is 6.23. The molecule has 4 nitrogen and oxygen atoms in total. The molecular weight excluding hydrogens is 347 g/mol. The lowest BCUT2D eigenvalue weighted by atomic mass is 10.1. The van der Waals surface area contributed by atoms with Gasteiger partial charge in [0.25, 0.3) is 11.8 Å². The Morgan fingerprint density at radius 1 is 0.917 bits per heavy atom. The van der Waals surface area contributed by atoms with Crippen LogP contribution in [0.5, 0.6) is 0 Å². The maximum atomic E-state index is 12.3. The zero-order valence-corrected chi connectivity index (χ0v) is 14.9. The molecule has 0 aliphatic rings. The van der Waals surface area contributed by atoms with Crippen molar-refractivity contribution in [1.82, 2.24) is 5.32 Å². The normalized spacial score (nSPS) is 10.5. The molecule has 0 atom stereocenters. The van der Waals surface area contributed by atoms with E-state index in [0.29, 0.717) is 39.3 Å². The first kappa shape index (κ1) is 18.3. The lowest BCUT2D eigenvalue weighted by Gasteiger charge is -2.10. The number of nitrogens with one attached hydrogen (secondary N) is 2. The van der Waals surface area contributed by atoms with E-state index in [2.05, 4.69) is 10.6 Å². The van der Waals surface area contributed by atoms with Crippen LogP contribution in [0.3, 0.4) is 0 Å². The number of hydrogen-bond donors (Lipinski definition) is 2. The van der Waals surface area contributed by atoms with Gasteiger partial charge in [0.15, 0.2) is 0 Å². The van der Waals surface area contributed by atoms with Crippen LogP contribution in [0, 0.1) is 5.92 Å². The molecule has 2 rings (SSSR count). The minimum atomic E-state index is -0.348. The molecule has 24 heavy (non-hydrogen) atoms. The van der Waals surface area contributed by atoms with Gasteiger partial charge in [-0.1, -0.05) is 43.1 Å². The van der Waals surface area contributed by atoms with E-state index in [9.17, 15) is 9.59 Å². The van der Waals surface area contributed by atoms with Crippen molar-refractivity contribution in [1.29, 1.82) is 0 Å². The largest absolute Gasteiger partial charge is 0.352 e. The van der Waals surface area contributed by atoms with Gasteiger partial charge >= 0.3 is 0 Å². The Hall–Kier alpha value is -2.04. The maximum Gasteiger partial charge on any atom is 0.255 e. The molecule has 0 aromatic heterocycles. The first-order chi connectivity index (χ1) is 11.4. The van der Waals surface area contributed by atoms with Crippen LogP contribution in [0.2, 0.25) is 10.0 Å². The third kappa shape index (κ3) is 4.73. The van der Waals surface area contributed by atoms with Crippen molar-refractivity contribution in [3.05, 3.63) is 63.6 Å². The summed E-state index contributed by atoms with van der Waals surface area (Å²) >= 11 is 12.1. The third-order valence-electron chi connectivity index (χ3n) is 3.28. The number of carbonyl (C=O) groups excluding carboxylic acids is 2. The molecule has 0 bridgehead atoms. The van der Waals surface area contributed by atoms with Crippen LogP contribution in [-0.2, 0) is 0 Å². The van der Waals surface area contributed by atoms with Gasteiger partial charge in [0, 0.05) is 17.7 Å². The Balaban J connectivity index is 2.07. The SMILES string of the molecule is CC(C)CNC(=O)c1ccc(C(=O)Nc2c(Cl)cccc2Cl)cc1. The molecule has 0 spiro atoms. The van der Waals surface area contributed by atoms with Gasteiger partial charge in [-0.05, 0) is 42.3 Å². The predicted molar refractivity (Wildman–Crippen MR) is 98.0 cm³/mol. The van der Waals surface area contributed by atoms with Gasteiger partial charge in [-0.15, -0.1) is 0 Å². The van der Waals surface area contributed by atoms with Crippen molar-refractivity contribution in [2.75, 3.05) is 11.9 Å². The summed E-state index contributed by atoms with van der Waals surface area (Å²) in [4.78, 5) is 24.2. The average molecular weight is 365 g/mol. The molecule has 0 radical (unpaired) electrons. The molecule has 0 saturated carbocycles. The van der Waals surface area contributed by atoms with E-state index < -0.39 is 0 Å². The average Bonchev–Trinajstić information content (AvgIpc) is 2.56. The Bertz CT molecular complexity index is 723. The highest BCUT2D eigenvalue weighted by molar-refractivity contribution is 6.40. The van der Waals surface area contributed by atoms with Crippen molar-refractivity contribution in [3.8, 4) is 0 Å². The van der Waals surface area contributed by atoms with Crippen molar-refractivity contribution >= 4 is 40.7 Å². The summed E-state index contributed by atoms with van der Waals surface area (Å²) in [5.41, 5.74) is 1.28. The minimum absolute atomic E-state index is 0.162. The van der Waals surface area contributed by atoms with Gasteiger partial charge in [0.1, 0.15) is 0 Å². The number of benzene rings is 2. The standard InChI is InChI=1S/C18H18Cl2N2O2/c1-11(2)10-21-17(23)12-6-8-13(9-7-12)18(24)22-16-14(19)4-3-5-15(16)20/h3-9,11H,10H2,1-2H3,(H,21,23)(H,22,24). The fourth-order valence-electron chi connectivity index (χ4n) is 1.97. The summed E-state index contributed by atoms with van der Waals surface area (Å²) in [6.45, 7) is 4.65. The lowest BCUT2D eigenvalue weighted by molar-refractivity contribution is 0.0947. The molecule has 2 aromatic rings. The number of amides is 2. The fraction of sp³-hybridized carbons (Fsp3) is 0.222. The first-order valence-electron chi connectivity index (χ1n) is 7.52. The number of halogens is 2. The van der Waals surface area contributed by atoms with Crippen LogP contribution in [0.1, 0.15) is 34.6 Å². The van der Waals surface area contributed by atoms with Crippen LogP contribution in [-0.4, -0.2) is 18.4 Å². The zero-order chi connectivity index (χ0) is 17.7. The van der Waals surface area contributed by atoms with Crippen LogP contribution in [0.4, 0.5) is 5.69 Å². The van der Waals surface area contributed by atoms with E-state index in [-0.39, 0.29) is 11.8 Å². The Labute approximate surface area is 151 Å². The van der Waals surface area contributed by atoms with Crippen molar-refractivity contribution in [3.63, 3.8) is 0 Å². The third-order valence-corrected chi connectivity index (χ3v) is 3.91. The predicted octanol–water partition coefficient (Wildman–Crippen LogP) is 4.63. The number of anilines is 1. The lowest BCUT2D eigenvalue weighted by Crippen LogP contribution is -2.27. The molecule has 0 aliphatic carbocycles. The van der Waals surface area contributed by atoms with Crippen LogP contribution >= 0.6 is 23.2 Å². The smallest absolute Gasteiger partial charge is 0.255 e. The van der Waals surface area contributed by atoms with E-state index in [4.69, 9.17) is 23.2 Å². The van der Waals surface area contributed by atoms with E-state index >= 15 is 0 Å². The minimum Gasteiger partial charge on any atom is -0.352 e. The van der Waals surface area contributed by atoms with Crippen LogP contribution in [0.25, 0.3) is 0 Å². The molecule has 0 heterocycles. The highest BCUT2D eigenvalue weighted by Crippen LogP contribution is 2.30. The van der Waals surface area contributed by atoms with Crippen LogP contribution in [0.15, 0.2) is 42.5 Å². The van der Waals surface area contributed by atoms with Gasteiger partial charge in [0.05, 0.1) is 15.7 Å². The van der Waals surface area contributed by atoms with E-state index in [1.807, 2.05) is 13.8 Å². The molecule has 126 valence electrons. The van der Waals surface area contributed by atoms with Gasteiger partial charge in [-0.25, -0.2) is 0 Å². The van der Waals surface area contributed by atoms with Gasteiger partial charge < -0.3 is 10.6 Å². The topological polar surface area (TPSA) is 58.2 Å². The molecule has 2 aromatic carbocycles. The number of rotatable bonds is 5. The van der Waals surface area contributed by atoms with Crippen molar-refractivity contribution in [2.24, 2.45) is 5.92 Å². The fourth-order valence-corrected chi connectivity index (χ4v) is 2.47. The second-order valence-corrected chi connectivity index (χ2v) is 6.55. The molecule has 2 N–H and O–H groups in total. The number of para-hydroxylation sites is 1. The monoisotopic (exact) mass is 364 g/mol. The Morgan fingerprint density at radius 3 is 1.92 bits per heavy atom. The van der Waals surface area contributed by atoms with Crippen molar-refractivity contribution in [2.45, 2.75) is 13.8 Å². The summed E-state index contributed by atoms with van der Waals surface area (Å²) in [6.07, 6.45) is 0. The summed E-state index contributed by atoms with van der Waals surface area (Å²) in [6, 6.07) is 11.4. The Morgan fingerprint density at radius 2 is 1.42 bits per heavy atom. The van der Waals surface area contributed by atoms with Gasteiger partial charge in [0.2, 0.25) is 0 Å². The summed E-state index contributed by atoms with van der Waals surface area (Å²) < 4.78 is 0. The highest BCUT2D eigenvalue weighted by Gasteiger charge is 2.12. The maximum absolute atomic E-state index is 12.3. The zero-order valence-electron chi connectivity index (χ0n) is 13.4. The molecule has 2 amide bonds. The molecule has 0 fully saturated rings. The second-order valence-electron chi connectivity index (χ2n) is 5.73. The molecule has 6 heteroatoms. The quantitative estimate of drug-likeness (QED) is 0.812. The van der Waals surface area contributed by atoms with E-state index in [0.717, 1.165) is 0 Å². The molecule has 0 unspecified atom stereocenters. The van der Waals surface area contributed by atoms with Crippen LogP contribution < -0.4 is 10.6 Å². The molecular formula is C18H18Cl2N2O2. The first-order valence-corrected chi connectivity index (χ1v) is 8.27. The number of hydrogen-bond acceptors (Lipinski definition) is 2. The van der Waals surface area contributed by atoms with E-state index in [1.165, 1.54) is 0 Å². The van der Waals surface area contributed by atoms with Crippen molar-refractivity contribution < 1.29 is 9.59 Å². The van der Waals surface area contributed by atoms with Gasteiger partial charge in [-0.2, -0.15) is 0 Å². The van der Waals surface area contributed by atoms with E-state index in [1.54, 1.807) is 42.5 Å².